The summed E-state index contributed by atoms with van der Waals surface area (Å²) in [6, 6.07) is 15.0. The fraction of sp³-hybridized carbons (Fsp3) is 0.133. The zero-order valence-electron chi connectivity index (χ0n) is 9.60. The van der Waals surface area contributed by atoms with Gasteiger partial charge in [0.1, 0.15) is 6.10 Å². The van der Waals surface area contributed by atoms with Crippen molar-refractivity contribution in [2.24, 2.45) is 0 Å². The molecular weight excluding hydrogens is 248 g/mol. The van der Waals surface area contributed by atoms with Crippen LogP contribution in [0.3, 0.4) is 0 Å². The first kappa shape index (κ1) is 11.3. The van der Waals surface area contributed by atoms with Gasteiger partial charge in [-0.3, -0.25) is 0 Å². The zero-order valence-corrected chi connectivity index (χ0v) is 10.4. The molecule has 0 N–H and O–H groups in total. The third kappa shape index (κ3) is 2.00. The molecule has 18 heavy (non-hydrogen) atoms. The number of ether oxygens (including phenoxy) is 1. The number of hydrogen-bond acceptors (Lipinski definition) is 2. The molecule has 2 aromatic carbocycles. The predicted octanol–water partition coefficient (Wildman–Crippen LogP) is 3.79. The van der Waals surface area contributed by atoms with Crippen molar-refractivity contribution in [2.75, 3.05) is 0 Å². The van der Waals surface area contributed by atoms with Crippen LogP contribution in [0.1, 0.15) is 27.6 Å². The minimum atomic E-state index is -0.276. The summed E-state index contributed by atoms with van der Waals surface area (Å²) in [7, 11) is 0. The van der Waals surface area contributed by atoms with Gasteiger partial charge in [0.05, 0.1) is 5.56 Å². The Labute approximate surface area is 110 Å². The summed E-state index contributed by atoms with van der Waals surface area (Å²) in [5.41, 5.74) is 2.58. The molecule has 0 aliphatic carbocycles. The van der Waals surface area contributed by atoms with Crippen LogP contribution in [0, 0.1) is 0 Å². The number of halogens is 1. The number of fused-ring (bicyclic) bond motifs is 1. The molecule has 1 heterocycles. The second kappa shape index (κ2) is 4.46. The molecule has 0 fully saturated rings. The Kier molecular flexibility index (Phi) is 2.80. The molecule has 0 saturated heterocycles. The van der Waals surface area contributed by atoms with E-state index in [0.717, 1.165) is 11.1 Å². The van der Waals surface area contributed by atoms with Gasteiger partial charge in [-0.05, 0) is 29.3 Å². The Morgan fingerprint density at radius 1 is 1.11 bits per heavy atom. The van der Waals surface area contributed by atoms with Crippen LogP contribution < -0.4 is 0 Å². The van der Waals surface area contributed by atoms with Crippen molar-refractivity contribution < 1.29 is 9.53 Å². The Bertz CT molecular complexity index is 593. The van der Waals surface area contributed by atoms with Crippen molar-refractivity contribution in [3.63, 3.8) is 0 Å². The highest BCUT2D eigenvalue weighted by Crippen LogP contribution is 2.31. The van der Waals surface area contributed by atoms with Crippen LogP contribution in [0.15, 0.2) is 48.5 Å². The maximum Gasteiger partial charge on any atom is 0.339 e. The van der Waals surface area contributed by atoms with Gasteiger partial charge in [-0.1, -0.05) is 41.9 Å². The van der Waals surface area contributed by atoms with Crippen LogP contribution in [0.5, 0.6) is 0 Å². The minimum Gasteiger partial charge on any atom is -0.454 e. The second-order valence-corrected chi connectivity index (χ2v) is 4.75. The Morgan fingerprint density at radius 3 is 2.67 bits per heavy atom. The fourth-order valence-corrected chi connectivity index (χ4v) is 2.41. The lowest BCUT2D eigenvalue weighted by Gasteiger charge is -2.25. The summed E-state index contributed by atoms with van der Waals surface area (Å²) in [4.78, 5) is 11.9. The molecule has 0 radical (unpaired) electrons. The van der Waals surface area contributed by atoms with E-state index >= 15 is 0 Å². The van der Waals surface area contributed by atoms with Crippen molar-refractivity contribution in [1.29, 1.82) is 0 Å². The minimum absolute atomic E-state index is 0.218. The molecule has 1 aliphatic heterocycles. The van der Waals surface area contributed by atoms with E-state index in [9.17, 15) is 4.79 Å². The van der Waals surface area contributed by atoms with Gasteiger partial charge in [0.15, 0.2) is 0 Å². The maximum atomic E-state index is 11.9. The van der Waals surface area contributed by atoms with Gasteiger partial charge >= 0.3 is 5.97 Å². The van der Waals surface area contributed by atoms with Crippen molar-refractivity contribution in [2.45, 2.75) is 12.5 Å². The van der Waals surface area contributed by atoms with E-state index in [2.05, 4.69) is 0 Å². The third-order valence-corrected chi connectivity index (χ3v) is 3.35. The standard InChI is InChI=1S/C15H11ClO2/c16-12-6-7-13-11(8-12)9-14(18-15(13)17)10-4-2-1-3-5-10/h1-8,14H,9H2. The predicted molar refractivity (Wildman–Crippen MR) is 69.8 cm³/mol. The van der Waals surface area contributed by atoms with Crippen molar-refractivity contribution >= 4 is 17.6 Å². The zero-order chi connectivity index (χ0) is 12.5. The van der Waals surface area contributed by atoms with Crippen LogP contribution in [0.2, 0.25) is 5.02 Å². The van der Waals surface area contributed by atoms with Crippen LogP contribution in [0.25, 0.3) is 0 Å². The maximum absolute atomic E-state index is 11.9. The highest BCUT2D eigenvalue weighted by molar-refractivity contribution is 6.30. The quantitative estimate of drug-likeness (QED) is 0.728. The van der Waals surface area contributed by atoms with Crippen LogP contribution in [-0.4, -0.2) is 5.97 Å². The lowest BCUT2D eigenvalue weighted by atomic mass is 9.95. The molecule has 2 nitrogen and oxygen atoms in total. The number of rotatable bonds is 1. The van der Waals surface area contributed by atoms with Crippen molar-refractivity contribution in [1.82, 2.24) is 0 Å². The average molecular weight is 259 g/mol. The Balaban J connectivity index is 1.98. The van der Waals surface area contributed by atoms with Crippen LogP contribution in [-0.2, 0) is 11.2 Å². The second-order valence-electron chi connectivity index (χ2n) is 4.31. The Hall–Kier alpha value is -1.80. The van der Waals surface area contributed by atoms with Gasteiger partial charge in [0, 0.05) is 11.4 Å². The smallest absolute Gasteiger partial charge is 0.339 e. The molecule has 0 amide bonds. The van der Waals surface area contributed by atoms with Crippen LogP contribution >= 0.6 is 11.6 Å². The number of benzene rings is 2. The van der Waals surface area contributed by atoms with E-state index in [-0.39, 0.29) is 12.1 Å². The summed E-state index contributed by atoms with van der Waals surface area (Å²) in [5.74, 6) is -0.276. The van der Waals surface area contributed by atoms with E-state index in [4.69, 9.17) is 16.3 Å². The molecule has 90 valence electrons. The van der Waals surface area contributed by atoms with Gasteiger partial charge in [-0.15, -0.1) is 0 Å². The summed E-state index contributed by atoms with van der Waals surface area (Å²) >= 11 is 5.97. The van der Waals surface area contributed by atoms with E-state index in [1.807, 2.05) is 36.4 Å². The van der Waals surface area contributed by atoms with Gasteiger partial charge in [0.25, 0.3) is 0 Å². The molecule has 3 heteroatoms. The molecule has 2 aromatic rings. The summed E-state index contributed by atoms with van der Waals surface area (Å²) in [6.07, 6.45) is 0.454. The van der Waals surface area contributed by atoms with E-state index in [1.54, 1.807) is 12.1 Å². The van der Waals surface area contributed by atoms with Crippen molar-refractivity contribution in [3.05, 3.63) is 70.2 Å². The molecule has 1 atom stereocenters. The van der Waals surface area contributed by atoms with E-state index in [1.165, 1.54) is 0 Å². The summed E-state index contributed by atoms with van der Waals surface area (Å²) < 4.78 is 5.46. The highest BCUT2D eigenvalue weighted by atomic mass is 35.5. The normalized spacial score (nSPS) is 18.1. The van der Waals surface area contributed by atoms with Gasteiger partial charge in [0.2, 0.25) is 0 Å². The molecule has 1 unspecified atom stereocenters. The highest BCUT2D eigenvalue weighted by Gasteiger charge is 2.27. The third-order valence-electron chi connectivity index (χ3n) is 3.11. The molecule has 0 bridgehead atoms. The van der Waals surface area contributed by atoms with Crippen molar-refractivity contribution in [3.8, 4) is 0 Å². The van der Waals surface area contributed by atoms with E-state index < -0.39 is 0 Å². The molecule has 0 spiro atoms. The summed E-state index contributed by atoms with van der Waals surface area (Å²) in [5, 5.41) is 0.648. The molecule has 0 aromatic heterocycles. The lowest BCUT2D eigenvalue weighted by molar-refractivity contribution is 0.0253. The molecule has 1 aliphatic rings. The molecular formula is C15H11ClO2. The first-order valence-electron chi connectivity index (χ1n) is 5.78. The van der Waals surface area contributed by atoms with Gasteiger partial charge in [-0.25, -0.2) is 4.79 Å². The Morgan fingerprint density at radius 2 is 1.89 bits per heavy atom. The number of hydrogen-bond donors (Lipinski definition) is 0. The van der Waals surface area contributed by atoms with Gasteiger partial charge in [-0.2, -0.15) is 0 Å². The average Bonchev–Trinajstić information content (AvgIpc) is 2.39. The largest absolute Gasteiger partial charge is 0.454 e. The summed E-state index contributed by atoms with van der Waals surface area (Å²) in [6.45, 7) is 0. The topological polar surface area (TPSA) is 26.3 Å². The lowest BCUT2D eigenvalue weighted by Crippen LogP contribution is -2.21. The van der Waals surface area contributed by atoms with Gasteiger partial charge < -0.3 is 4.74 Å². The fourth-order valence-electron chi connectivity index (χ4n) is 2.22. The first-order chi connectivity index (χ1) is 8.74. The number of carbonyl (C=O) groups is 1. The SMILES string of the molecule is O=C1OC(c2ccccc2)Cc2cc(Cl)ccc21. The number of carbonyl (C=O) groups excluding carboxylic acids is 1. The number of cyclic esters (lactones) is 1. The monoisotopic (exact) mass is 258 g/mol. The number of esters is 1. The van der Waals surface area contributed by atoms with E-state index in [0.29, 0.717) is 17.0 Å². The molecule has 0 saturated carbocycles. The first-order valence-corrected chi connectivity index (χ1v) is 6.16. The van der Waals surface area contributed by atoms with Crippen LogP contribution in [0.4, 0.5) is 0 Å². The molecule has 3 rings (SSSR count).